The molecule has 0 saturated carbocycles. The van der Waals surface area contributed by atoms with Crippen molar-refractivity contribution in [3.63, 3.8) is 0 Å². The van der Waals surface area contributed by atoms with Crippen molar-refractivity contribution in [2.24, 2.45) is 0 Å². The summed E-state index contributed by atoms with van der Waals surface area (Å²) < 4.78 is 19.3. The lowest BCUT2D eigenvalue weighted by Crippen LogP contribution is -2.50. The average molecular weight is 383 g/mol. The first kappa shape index (κ1) is 17.8. The number of carbonyl (C=O) groups is 1. The smallest absolute Gasteiger partial charge is 0.260 e. The van der Waals surface area contributed by atoms with Gasteiger partial charge in [-0.2, -0.15) is 0 Å². The Morgan fingerprint density at radius 3 is 2.28 bits per heavy atom. The van der Waals surface area contributed by atoms with Gasteiger partial charge < -0.3 is 14.5 Å². The molecular formula is C18H17Cl2FN2O2. The third kappa shape index (κ3) is 4.17. The molecule has 0 atom stereocenters. The zero-order valence-corrected chi connectivity index (χ0v) is 14.9. The van der Waals surface area contributed by atoms with E-state index in [1.54, 1.807) is 41.3 Å². The summed E-state index contributed by atoms with van der Waals surface area (Å²) in [5, 5.41) is 0.731. The Bertz CT molecular complexity index is 744. The summed E-state index contributed by atoms with van der Waals surface area (Å²) in [6.45, 7) is 2.02. The summed E-state index contributed by atoms with van der Waals surface area (Å²) in [7, 11) is 0. The maximum Gasteiger partial charge on any atom is 0.260 e. The van der Waals surface area contributed by atoms with E-state index in [1.807, 2.05) is 4.90 Å². The normalized spacial score (nSPS) is 14.5. The SMILES string of the molecule is O=C(COc1c(Cl)cccc1Cl)N1CCN(c2ccccc2F)CC1. The van der Waals surface area contributed by atoms with Crippen molar-refractivity contribution in [1.82, 2.24) is 4.90 Å². The highest BCUT2D eigenvalue weighted by Crippen LogP contribution is 2.32. The Labute approximate surface area is 155 Å². The molecule has 3 rings (SSSR count). The van der Waals surface area contributed by atoms with Crippen LogP contribution in [0, 0.1) is 5.82 Å². The molecule has 4 nitrogen and oxygen atoms in total. The maximum atomic E-state index is 13.8. The van der Waals surface area contributed by atoms with Crippen molar-refractivity contribution in [1.29, 1.82) is 0 Å². The fourth-order valence-corrected chi connectivity index (χ4v) is 3.26. The number of hydrogen-bond acceptors (Lipinski definition) is 3. The largest absolute Gasteiger partial charge is 0.481 e. The van der Waals surface area contributed by atoms with E-state index in [0.29, 0.717) is 47.7 Å². The molecule has 0 unspecified atom stereocenters. The van der Waals surface area contributed by atoms with E-state index in [0.717, 1.165) is 0 Å². The van der Waals surface area contributed by atoms with Crippen LogP contribution in [0.3, 0.4) is 0 Å². The van der Waals surface area contributed by atoms with Gasteiger partial charge >= 0.3 is 0 Å². The van der Waals surface area contributed by atoms with Crippen LogP contribution in [0.25, 0.3) is 0 Å². The van der Waals surface area contributed by atoms with Gasteiger partial charge in [0.05, 0.1) is 15.7 Å². The lowest BCUT2D eigenvalue weighted by atomic mass is 10.2. The van der Waals surface area contributed by atoms with E-state index in [1.165, 1.54) is 6.07 Å². The maximum absolute atomic E-state index is 13.8. The number of carbonyl (C=O) groups excluding carboxylic acids is 1. The summed E-state index contributed by atoms with van der Waals surface area (Å²) in [5.74, 6) is -0.0904. The topological polar surface area (TPSA) is 32.8 Å². The first-order valence-corrected chi connectivity index (χ1v) is 8.66. The molecular weight excluding hydrogens is 366 g/mol. The van der Waals surface area contributed by atoms with Crippen molar-refractivity contribution in [2.75, 3.05) is 37.7 Å². The minimum absolute atomic E-state index is 0.136. The summed E-state index contributed by atoms with van der Waals surface area (Å²) in [4.78, 5) is 16.0. The number of amides is 1. The van der Waals surface area contributed by atoms with Crippen LogP contribution in [0.1, 0.15) is 0 Å². The summed E-state index contributed by atoms with van der Waals surface area (Å²) in [5.41, 5.74) is 0.564. The number of nitrogens with zero attached hydrogens (tertiary/aromatic N) is 2. The number of anilines is 1. The minimum atomic E-state index is -0.251. The Balaban J connectivity index is 1.54. The van der Waals surface area contributed by atoms with Crippen LogP contribution >= 0.6 is 23.2 Å². The lowest BCUT2D eigenvalue weighted by Gasteiger charge is -2.36. The molecule has 1 fully saturated rings. The Kier molecular flexibility index (Phi) is 5.66. The average Bonchev–Trinajstić information content (AvgIpc) is 2.62. The highest BCUT2D eigenvalue weighted by molar-refractivity contribution is 6.37. The number of para-hydroxylation sites is 2. The van der Waals surface area contributed by atoms with E-state index < -0.39 is 0 Å². The standard InChI is InChI=1S/C18H17Cl2FN2O2/c19-13-4-3-5-14(20)18(13)25-12-17(24)23-10-8-22(9-11-23)16-7-2-1-6-15(16)21/h1-7H,8-12H2. The van der Waals surface area contributed by atoms with Gasteiger partial charge in [-0.05, 0) is 24.3 Å². The van der Waals surface area contributed by atoms with Gasteiger partial charge in [0.15, 0.2) is 12.4 Å². The first-order valence-electron chi connectivity index (χ1n) is 7.90. The van der Waals surface area contributed by atoms with E-state index >= 15 is 0 Å². The minimum Gasteiger partial charge on any atom is -0.481 e. The zero-order chi connectivity index (χ0) is 17.8. The van der Waals surface area contributed by atoms with Gasteiger partial charge in [-0.3, -0.25) is 4.79 Å². The van der Waals surface area contributed by atoms with Crippen LogP contribution < -0.4 is 9.64 Å². The fraction of sp³-hybridized carbons (Fsp3) is 0.278. The molecule has 132 valence electrons. The van der Waals surface area contributed by atoms with E-state index in [4.69, 9.17) is 27.9 Å². The lowest BCUT2D eigenvalue weighted by molar-refractivity contribution is -0.133. The highest BCUT2D eigenvalue weighted by Gasteiger charge is 2.23. The molecule has 7 heteroatoms. The number of halogens is 3. The Hall–Kier alpha value is -1.98. The predicted molar refractivity (Wildman–Crippen MR) is 97.2 cm³/mol. The van der Waals surface area contributed by atoms with Gasteiger partial charge in [-0.25, -0.2) is 4.39 Å². The molecule has 0 radical (unpaired) electrons. The molecule has 0 N–H and O–H groups in total. The number of piperazine rings is 1. The molecule has 1 aliphatic heterocycles. The van der Waals surface area contributed by atoms with Gasteiger partial charge in [0.1, 0.15) is 5.82 Å². The monoisotopic (exact) mass is 382 g/mol. The molecule has 1 amide bonds. The van der Waals surface area contributed by atoms with E-state index in [9.17, 15) is 9.18 Å². The molecule has 0 aromatic heterocycles. The summed E-state index contributed by atoms with van der Waals surface area (Å²) in [6, 6.07) is 11.7. The molecule has 25 heavy (non-hydrogen) atoms. The van der Waals surface area contributed by atoms with Crippen molar-refractivity contribution in [3.05, 3.63) is 58.3 Å². The van der Waals surface area contributed by atoms with Crippen molar-refractivity contribution < 1.29 is 13.9 Å². The predicted octanol–water partition coefficient (Wildman–Crippen LogP) is 3.86. The summed E-state index contributed by atoms with van der Waals surface area (Å²) >= 11 is 12.0. The Morgan fingerprint density at radius 2 is 1.64 bits per heavy atom. The van der Waals surface area contributed by atoms with Gasteiger partial charge in [0.25, 0.3) is 5.91 Å². The first-order chi connectivity index (χ1) is 12.1. The molecule has 0 spiro atoms. The van der Waals surface area contributed by atoms with Crippen LogP contribution in [0.15, 0.2) is 42.5 Å². The van der Waals surface area contributed by atoms with Crippen LogP contribution in [0.2, 0.25) is 10.0 Å². The number of rotatable bonds is 4. The third-order valence-electron chi connectivity index (χ3n) is 4.08. The Morgan fingerprint density at radius 1 is 1.00 bits per heavy atom. The quantitative estimate of drug-likeness (QED) is 0.804. The summed E-state index contributed by atoms with van der Waals surface area (Å²) in [6.07, 6.45) is 0. The molecule has 2 aromatic rings. The number of hydrogen-bond donors (Lipinski definition) is 0. The van der Waals surface area contributed by atoms with E-state index in [2.05, 4.69) is 0 Å². The van der Waals surface area contributed by atoms with Crippen molar-refractivity contribution >= 4 is 34.8 Å². The second-order valence-electron chi connectivity index (χ2n) is 5.66. The second kappa shape index (κ2) is 7.93. The molecule has 2 aromatic carbocycles. The van der Waals surface area contributed by atoms with Crippen LogP contribution in [-0.2, 0) is 4.79 Å². The molecule has 1 aliphatic rings. The molecule has 0 aliphatic carbocycles. The third-order valence-corrected chi connectivity index (χ3v) is 4.68. The van der Waals surface area contributed by atoms with Crippen LogP contribution in [-0.4, -0.2) is 43.6 Å². The fourth-order valence-electron chi connectivity index (χ4n) is 2.75. The van der Waals surface area contributed by atoms with Crippen molar-refractivity contribution in [2.45, 2.75) is 0 Å². The van der Waals surface area contributed by atoms with Crippen molar-refractivity contribution in [3.8, 4) is 5.75 Å². The van der Waals surface area contributed by atoms with Gasteiger partial charge in [0.2, 0.25) is 0 Å². The van der Waals surface area contributed by atoms with Gasteiger partial charge in [0, 0.05) is 26.2 Å². The zero-order valence-electron chi connectivity index (χ0n) is 13.4. The molecule has 0 bridgehead atoms. The highest BCUT2D eigenvalue weighted by atomic mass is 35.5. The second-order valence-corrected chi connectivity index (χ2v) is 6.47. The number of benzene rings is 2. The molecule has 1 saturated heterocycles. The number of ether oxygens (including phenoxy) is 1. The van der Waals surface area contributed by atoms with Crippen LogP contribution in [0.4, 0.5) is 10.1 Å². The molecule has 1 heterocycles. The van der Waals surface area contributed by atoms with E-state index in [-0.39, 0.29) is 18.3 Å². The van der Waals surface area contributed by atoms with Crippen LogP contribution in [0.5, 0.6) is 5.75 Å². The van der Waals surface area contributed by atoms with Gasteiger partial charge in [-0.15, -0.1) is 0 Å². The van der Waals surface area contributed by atoms with Gasteiger partial charge in [-0.1, -0.05) is 41.4 Å².